The lowest BCUT2D eigenvalue weighted by Gasteiger charge is -2.52. The van der Waals surface area contributed by atoms with Gasteiger partial charge in [-0.15, -0.1) is 11.8 Å². The number of rotatable bonds is 6. The van der Waals surface area contributed by atoms with Crippen LogP contribution >= 0.6 is 11.8 Å². The third-order valence-electron chi connectivity index (χ3n) is 18.8. The molecule has 0 amide bonds. The summed E-state index contributed by atoms with van der Waals surface area (Å²) in [6.07, 6.45) is 65.8. The largest absolute Gasteiger partial charge is 0.365 e. The van der Waals surface area contributed by atoms with Crippen LogP contribution in [-0.4, -0.2) is 45.3 Å². The van der Waals surface area contributed by atoms with Gasteiger partial charge in [-0.2, -0.15) is 0 Å². The zero-order valence-corrected chi connectivity index (χ0v) is 36.4. The minimum Gasteiger partial charge on any atom is -0.365 e. The maximum Gasteiger partial charge on any atom is 0.0510 e. The third kappa shape index (κ3) is 5.87. The Morgan fingerprint density at radius 3 is 2.24 bits per heavy atom. The van der Waals surface area contributed by atoms with E-state index in [0.29, 0.717) is 47.3 Å². The maximum atomic E-state index is 3.23. The molecular formula is C55H72N2S. The Morgan fingerprint density at radius 1 is 0.586 bits per heavy atom. The highest BCUT2D eigenvalue weighted by molar-refractivity contribution is 8.04. The van der Waals surface area contributed by atoms with E-state index < -0.39 is 0 Å². The summed E-state index contributed by atoms with van der Waals surface area (Å²) < 4.78 is 0. The van der Waals surface area contributed by atoms with E-state index >= 15 is 0 Å². The first kappa shape index (κ1) is 37.5. The van der Waals surface area contributed by atoms with Crippen molar-refractivity contribution in [3.05, 3.63) is 106 Å². The van der Waals surface area contributed by atoms with Gasteiger partial charge in [0.25, 0.3) is 0 Å². The molecule has 12 rings (SSSR count). The number of allylic oxidation sites excluding steroid dienone is 12. The van der Waals surface area contributed by atoms with Crippen molar-refractivity contribution in [2.75, 3.05) is 0 Å². The Kier molecular flexibility index (Phi) is 10.1. The van der Waals surface area contributed by atoms with E-state index in [1.165, 1.54) is 148 Å². The number of fused-ring (bicyclic) bond motifs is 11. The van der Waals surface area contributed by atoms with Crippen LogP contribution in [0.5, 0.6) is 0 Å². The Labute approximate surface area is 356 Å². The summed E-state index contributed by atoms with van der Waals surface area (Å²) in [5.74, 6) is 5.30. The Hall–Kier alpha value is -2.23. The lowest BCUT2D eigenvalue weighted by Crippen LogP contribution is -2.52. The van der Waals surface area contributed by atoms with Crippen LogP contribution in [0.15, 0.2) is 106 Å². The topological polar surface area (TPSA) is 6.48 Å². The SMILES string of the molecule is C1=CCC(N(C2=CCCC3C2C2C=CCCC2C32C3=C(C=CC(N(C4CCCCC4)C4CC=CC5=C4SC4CCC=CC54)C3)C3CCCCC32)C2CCCCC2)C=C1. The highest BCUT2D eigenvalue weighted by Gasteiger charge is 2.69. The molecule has 12 atom stereocenters. The third-order valence-corrected chi connectivity index (χ3v) is 20.4. The van der Waals surface area contributed by atoms with E-state index in [1.54, 1.807) is 10.5 Å². The van der Waals surface area contributed by atoms with Crippen molar-refractivity contribution in [2.45, 2.75) is 183 Å². The van der Waals surface area contributed by atoms with Gasteiger partial charge in [0.2, 0.25) is 0 Å². The molecule has 1 spiro atoms. The first-order valence-electron chi connectivity index (χ1n) is 25.2. The molecular weight excluding hydrogens is 721 g/mol. The van der Waals surface area contributed by atoms with Gasteiger partial charge >= 0.3 is 0 Å². The molecule has 0 N–H and O–H groups in total. The van der Waals surface area contributed by atoms with E-state index in [9.17, 15) is 0 Å². The minimum absolute atomic E-state index is 0.376. The molecule has 0 bridgehead atoms. The highest BCUT2D eigenvalue weighted by atomic mass is 32.2. The fourth-order valence-corrected chi connectivity index (χ4v) is 18.7. The molecule has 58 heavy (non-hydrogen) atoms. The molecule has 4 fully saturated rings. The van der Waals surface area contributed by atoms with E-state index in [1.807, 2.05) is 16.8 Å². The molecule has 0 aromatic rings. The molecule has 0 aromatic heterocycles. The van der Waals surface area contributed by atoms with Gasteiger partial charge < -0.3 is 4.90 Å². The molecule has 0 radical (unpaired) electrons. The van der Waals surface area contributed by atoms with E-state index in [2.05, 4.69) is 101 Å². The van der Waals surface area contributed by atoms with Crippen molar-refractivity contribution in [3.63, 3.8) is 0 Å². The van der Waals surface area contributed by atoms with Crippen LogP contribution in [-0.2, 0) is 0 Å². The zero-order chi connectivity index (χ0) is 38.2. The Bertz CT molecular complexity index is 1870. The summed E-state index contributed by atoms with van der Waals surface area (Å²) >= 11 is 2.33. The van der Waals surface area contributed by atoms with Crippen molar-refractivity contribution in [1.29, 1.82) is 0 Å². The maximum absolute atomic E-state index is 3.23. The van der Waals surface area contributed by atoms with Gasteiger partial charge in [0.15, 0.2) is 0 Å². The van der Waals surface area contributed by atoms with Crippen molar-refractivity contribution < 1.29 is 0 Å². The normalized spacial score (nSPS) is 43.1. The predicted octanol–water partition coefficient (Wildman–Crippen LogP) is 13.7. The molecule has 2 nitrogen and oxygen atoms in total. The summed E-state index contributed by atoms with van der Waals surface area (Å²) in [6, 6.07) is 3.07. The molecule has 4 saturated carbocycles. The van der Waals surface area contributed by atoms with Crippen LogP contribution in [0.3, 0.4) is 0 Å². The molecule has 1 heterocycles. The van der Waals surface area contributed by atoms with Crippen LogP contribution < -0.4 is 0 Å². The average Bonchev–Trinajstić information content (AvgIpc) is 3.93. The molecule has 12 aliphatic rings. The molecule has 3 heteroatoms. The van der Waals surface area contributed by atoms with Crippen LogP contribution in [0.25, 0.3) is 0 Å². The molecule has 11 aliphatic carbocycles. The fraction of sp³-hybridized carbons (Fsp3) is 0.673. The molecule has 308 valence electrons. The number of hydrogen-bond acceptors (Lipinski definition) is 3. The van der Waals surface area contributed by atoms with Crippen molar-refractivity contribution >= 4 is 11.8 Å². The molecule has 0 saturated heterocycles. The summed E-state index contributed by atoms with van der Waals surface area (Å²) in [5.41, 5.74) is 7.82. The predicted molar refractivity (Wildman–Crippen MR) is 244 cm³/mol. The van der Waals surface area contributed by atoms with Gasteiger partial charge in [0.05, 0.1) is 6.04 Å². The molecule has 0 aromatic carbocycles. The van der Waals surface area contributed by atoms with Crippen LogP contribution in [0.4, 0.5) is 0 Å². The van der Waals surface area contributed by atoms with Gasteiger partial charge in [-0.3, -0.25) is 4.90 Å². The van der Waals surface area contributed by atoms with Gasteiger partial charge in [-0.25, -0.2) is 0 Å². The minimum atomic E-state index is 0.376. The zero-order valence-electron chi connectivity index (χ0n) is 35.6. The number of hydrogen-bond donors (Lipinski definition) is 0. The second-order valence-corrected chi connectivity index (χ2v) is 22.5. The summed E-state index contributed by atoms with van der Waals surface area (Å²) in [4.78, 5) is 8.12. The van der Waals surface area contributed by atoms with Crippen LogP contribution in [0.2, 0.25) is 0 Å². The Balaban J connectivity index is 0.952. The standard InChI is InChI=1S/C55H72N2S/c1-4-18-37(19-5-1)56(38-20-6-2-7-21-38)50-31-17-30-48-53(50)45-26-11-14-29-47(45)55(48)46-28-13-10-24-41(46)42-35-34-40(36-49(42)55)57(39-22-8-3-9-23-39)51-32-16-27-44-43-25-12-15-33-52(43)58-54(44)51/h1,4-5,11-12,16,18,25-27,31,34-35,37-41,43,45-48,51-53H,2-3,6-10,13-15,17,19-24,28-30,32-33,36H2. The number of thioether (sulfide) groups is 1. The van der Waals surface area contributed by atoms with Gasteiger partial charge in [0, 0.05) is 57.3 Å². The lowest BCUT2D eigenvalue weighted by molar-refractivity contribution is 0.0269. The summed E-state index contributed by atoms with van der Waals surface area (Å²) in [6.45, 7) is 0. The highest BCUT2D eigenvalue weighted by Crippen LogP contribution is 2.75. The van der Waals surface area contributed by atoms with Crippen molar-refractivity contribution in [1.82, 2.24) is 9.80 Å². The molecule has 1 aliphatic heterocycles. The summed E-state index contributed by atoms with van der Waals surface area (Å²) in [7, 11) is 0. The quantitative estimate of drug-likeness (QED) is 0.247. The lowest BCUT2D eigenvalue weighted by atomic mass is 9.54. The smallest absolute Gasteiger partial charge is 0.0510 e. The second-order valence-electron chi connectivity index (χ2n) is 21.2. The summed E-state index contributed by atoms with van der Waals surface area (Å²) in [5, 5.41) is 0.763. The van der Waals surface area contributed by atoms with Crippen LogP contribution in [0.1, 0.15) is 148 Å². The second kappa shape index (κ2) is 15.6. The van der Waals surface area contributed by atoms with E-state index in [-0.39, 0.29) is 0 Å². The van der Waals surface area contributed by atoms with Gasteiger partial charge in [-0.1, -0.05) is 136 Å². The fourth-order valence-electron chi connectivity index (χ4n) is 17.0. The van der Waals surface area contributed by atoms with Crippen molar-refractivity contribution in [2.24, 2.45) is 46.8 Å². The molecule has 12 unspecified atom stereocenters. The first-order chi connectivity index (χ1) is 28.8. The van der Waals surface area contributed by atoms with Gasteiger partial charge in [-0.05, 0) is 137 Å². The monoisotopic (exact) mass is 793 g/mol. The van der Waals surface area contributed by atoms with Gasteiger partial charge in [0.1, 0.15) is 0 Å². The Morgan fingerprint density at radius 2 is 1.38 bits per heavy atom. The number of nitrogens with zero attached hydrogens (tertiary/aromatic N) is 2. The van der Waals surface area contributed by atoms with Crippen molar-refractivity contribution in [3.8, 4) is 0 Å². The van der Waals surface area contributed by atoms with E-state index in [0.717, 1.165) is 35.0 Å². The first-order valence-corrected chi connectivity index (χ1v) is 26.1. The average molecular weight is 793 g/mol. The van der Waals surface area contributed by atoms with Crippen LogP contribution in [0, 0.1) is 46.8 Å². The van der Waals surface area contributed by atoms with E-state index in [4.69, 9.17) is 0 Å².